The number of hydrogen-bond donors (Lipinski definition) is 0. The van der Waals surface area contributed by atoms with Crippen molar-refractivity contribution in [3.05, 3.63) is 0 Å². The summed E-state index contributed by atoms with van der Waals surface area (Å²) >= 11 is 0. The van der Waals surface area contributed by atoms with Crippen LogP contribution in [0.5, 0.6) is 0 Å². The molecule has 0 spiro atoms. The number of carboxylic acid groups (broad SMARTS) is 4. The molecule has 0 N–H and O–H groups in total. The van der Waals surface area contributed by atoms with Crippen LogP contribution >= 0.6 is 0 Å². The van der Waals surface area contributed by atoms with Gasteiger partial charge >= 0.3 is 19.8 Å². The zero-order chi connectivity index (χ0) is 13.1. The van der Waals surface area contributed by atoms with E-state index in [1.165, 1.54) is 0 Å². The van der Waals surface area contributed by atoms with Crippen LogP contribution in [0.15, 0.2) is 0 Å². The van der Waals surface area contributed by atoms with Crippen molar-refractivity contribution >= 4 is 23.9 Å². The van der Waals surface area contributed by atoms with E-state index in [1.54, 1.807) is 0 Å². The first-order chi connectivity index (χ1) is 7.25. The van der Waals surface area contributed by atoms with Crippen molar-refractivity contribution in [3.63, 3.8) is 0 Å². The first-order valence-corrected chi connectivity index (χ1v) is 4.05. The number of carbonyl (C=O) groups excluding carboxylic acids is 4. The topological polar surface area (TPSA) is 161 Å². The van der Waals surface area contributed by atoms with Gasteiger partial charge in [0, 0.05) is 23.9 Å². The number of carboxylic acids is 4. The maximum absolute atomic E-state index is 9.50. The molecule has 0 heterocycles. The molecule has 17 heavy (non-hydrogen) atoms. The fourth-order valence-corrected chi connectivity index (χ4v) is 0.408. The van der Waals surface area contributed by atoms with Crippen molar-refractivity contribution in [1.82, 2.24) is 0 Å². The molecular weight excluding hydrogens is 414 g/mol. The fourth-order valence-electron chi connectivity index (χ4n) is 0.408. The van der Waals surface area contributed by atoms with Crippen LogP contribution in [-0.2, 0) is 39.0 Å². The minimum atomic E-state index is -1.37. The van der Waals surface area contributed by atoms with Crippen molar-refractivity contribution in [2.24, 2.45) is 0 Å². The summed E-state index contributed by atoms with van der Waals surface area (Å²) in [6.07, 6.45) is -1.88. The number of hydrogen-bond acceptors (Lipinski definition) is 8. The molecule has 0 amide bonds. The van der Waals surface area contributed by atoms with Crippen LogP contribution in [0.2, 0.25) is 0 Å². The molecule has 0 aromatic rings. The smallest absolute Gasteiger partial charge is 0.550 e. The Kier molecular flexibility index (Phi) is 15.5. The van der Waals surface area contributed by atoms with Gasteiger partial charge < -0.3 is 39.6 Å². The van der Waals surface area contributed by atoms with Crippen molar-refractivity contribution in [2.75, 3.05) is 0 Å². The maximum atomic E-state index is 9.50. The summed E-state index contributed by atoms with van der Waals surface area (Å²) in [4.78, 5) is 38.0. The van der Waals surface area contributed by atoms with Crippen LogP contribution in [-0.4, -0.2) is 23.9 Å². The molecule has 0 fully saturated rings. The molecule has 0 rings (SSSR count). The average Bonchev–Trinajstić information content (AvgIpc) is 2.12. The summed E-state index contributed by atoms with van der Waals surface area (Å²) in [5.74, 6) is -5.47. The Morgan fingerprint density at radius 3 is 0.706 bits per heavy atom. The van der Waals surface area contributed by atoms with Gasteiger partial charge in [-0.1, -0.05) is 0 Å². The zero-order valence-electron chi connectivity index (χ0n) is 8.45. The Balaban J connectivity index is -0.000000218. The summed E-state index contributed by atoms with van der Waals surface area (Å²) in [6, 6.07) is 0. The van der Waals surface area contributed by atoms with Gasteiger partial charge in [-0.3, -0.25) is 0 Å². The van der Waals surface area contributed by atoms with E-state index >= 15 is 0 Å². The second-order valence-corrected chi connectivity index (χ2v) is 2.49. The van der Waals surface area contributed by atoms with E-state index in [1.807, 2.05) is 0 Å². The van der Waals surface area contributed by atoms with E-state index < -0.39 is 49.6 Å². The summed E-state index contributed by atoms with van der Waals surface area (Å²) < 4.78 is 0. The predicted octanol–water partition coefficient (Wildman–Crippen LogP) is -5.47. The molecule has 0 saturated carbocycles. The van der Waals surface area contributed by atoms with Gasteiger partial charge in [-0.15, -0.1) is 0 Å². The minimum absolute atomic E-state index is 0. The van der Waals surface area contributed by atoms with E-state index in [2.05, 4.69) is 0 Å². The van der Waals surface area contributed by atoms with Gasteiger partial charge in [0.05, 0.1) is 0 Å². The van der Waals surface area contributed by atoms with E-state index in [9.17, 15) is 39.6 Å². The van der Waals surface area contributed by atoms with E-state index in [4.69, 9.17) is 0 Å². The molecule has 0 aromatic carbocycles. The maximum Gasteiger partial charge on any atom is 4.00 e. The van der Waals surface area contributed by atoms with Crippen molar-refractivity contribution < 1.29 is 59.4 Å². The monoisotopic (exact) mass is 424 g/mol. The van der Waals surface area contributed by atoms with Gasteiger partial charge in [0.2, 0.25) is 0 Å². The van der Waals surface area contributed by atoms with Crippen molar-refractivity contribution in [2.45, 2.75) is 25.7 Å². The molecule has 0 aliphatic heterocycles. The molecule has 96 valence electrons. The normalized spacial score (nSPS) is 8.00. The molecule has 0 saturated heterocycles. The summed E-state index contributed by atoms with van der Waals surface area (Å²) in [6.45, 7) is 0. The molecular formula is C8H8O8Os. The Hall–Kier alpha value is -1.48. The van der Waals surface area contributed by atoms with Crippen LogP contribution in [0.3, 0.4) is 0 Å². The average molecular weight is 422 g/mol. The quantitative estimate of drug-likeness (QED) is 0.410. The molecule has 0 radical (unpaired) electrons. The molecule has 0 aliphatic carbocycles. The largest absolute Gasteiger partial charge is 4.00 e. The Morgan fingerprint density at radius 1 is 0.529 bits per heavy atom. The number of rotatable bonds is 6. The Morgan fingerprint density at radius 2 is 0.647 bits per heavy atom. The van der Waals surface area contributed by atoms with Gasteiger partial charge in [-0.25, -0.2) is 0 Å². The van der Waals surface area contributed by atoms with Gasteiger partial charge in [-0.2, -0.15) is 0 Å². The van der Waals surface area contributed by atoms with Crippen LogP contribution in [0, 0.1) is 0 Å². The Bertz CT molecular complexity index is 219. The van der Waals surface area contributed by atoms with Crippen molar-refractivity contribution in [1.29, 1.82) is 0 Å². The third-order valence-electron chi connectivity index (χ3n) is 1.07. The van der Waals surface area contributed by atoms with E-state index in [0.717, 1.165) is 0 Å². The minimum Gasteiger partial charge on any atom is -0.550 e. The molecule has 9 heteroatoms. The van der Waals surface area contributed by atoms with Crippen molar-refractivity contribution in [3.8, 4) is 0 Å². The van der Waals surface area contributed by atoms with Gasteiger partial charge in [0.1, 0.15) is 0 Å². The third kappa shape index (κ3) is 31.4. The summed E-state index contributed by atoms with van der Waals surface area (Å²) in [7, 11) is 0. The first kappa shape index (κ1) is 20.9. The second-order valence-electron chi connectivity index (χ2n) is 2.49. The summed E-state index contributed by atoms with van der Waals surface area (Å²) in [5.41, 5.74) is 0. The number of aliphatic carboxylic acids is 4. The fraction of sp³-hybridized carbons (Fsp3) is 0.500. The van der Waals surface area contributed by atoms with Crippen LogP contribution < -0.4 is 20.4 Å². The number of carbonyl (C=O) groups is 4. The molecule has 8 nitrogen and oxygen atoms in total. The summed E-state index contributed by atoms with van der Waals surface area (Å²) in [5, 5.41) is 38.0. The third-order valence-corrected chi connectivity index (χ3v) is 1.07. The van der Waals surface area contributed by atoms with Crippen LogP contribution in [0.4, 0.5) is 0 Å². The standard InChI is InChI=1S/2C4H6O4.Os/c2*5-3(6)1-2-4(7)8;/h2*1-2H2,(H,5,6)(H,7,8);/q;;+4/p-4. The molecule has 0 unspecified atom stereocenters. The SMILES string of the molecule is O=C([O-])CCC(=O)[O-].O=C([O-])CCC(=O)[O-].[Os+4]. The van der Waals surface area contributed by atoms with Gasteiger partial charge in [0.15, 0.2) is 0 Å². The zero-order valence-corrected chi connectivity index (χ0v) is 11.0. The molecule has 0 aromatic heterocycles. The van der Waals surface area contributed by atoms with Gasteiger partial charge in [-0.05, 0) is 25.7 Å². The van der Waals surface area contributed by atoms with E-state index in [0.29, 0.717) is 0 Å². The predicted molar refractivity (Wildman–Crippen MR) is 38.5 cm³/mol. The van der Waals surface area contributed by atoms with Crippen LogP contribution in [0.25, 0.3) is 0 Å². The molecule has 0 atom stereocenters. The first-order valence-electron chi connectivity index (χ1n) is 4.05. The molecule has 0 aliphatic rings. The van der Waals surface area contributed by atoms with Crippen LogP contribution in [0.1, 0.15) is 25.7 Å². The second kappa shape index (κ2) is 12.6. The molecule has 0 bridgehead atoms. The van der Waals surface area contributed by atoms with Gasteiger partial charge in [0.25, 0.3) is 0 Å². The Labute approximate surface area is 109 Å². The van der Waals surface area contributed by atoms with E-state index in [-0.39, 0.29) is 19.8 Å².